The number of hydrogen-bond donors (Lipinski definition) is 2. The quantitative estimate of drug-likeness (QED) is 0.494. The summed E-state index contributed by atoms with van der Waals surface area (Å²) in [6, 6.07) is 9.99. The van der Waals surface area contributed by atoms with E-state index in [1.807, 2.05) is 0 Å². The first kappa shape index (κ1) is 18.4. The van der Waals surface area contributed by atoms with E-state index in [1.165, 1.54) is 49.3 Å². The van der Waals surface area contributed by atoms with Crippen LogP contribution in [0.25, 0.3) is 0 Å². The fourth-order valence-corrected chi connectivity index (χ4v) is 15.2. The standard InChI is InChI=1S/C17H28AsN2S2/c1-2-13-21-18(22-14-12-19)15-8-10-17(11-9-15)20-16-6-4-3-5-7-16/h8-11,16,20H,1-7,12-14,19H2/q+1/p+1. The van der Waals surface area contributed by atoms with Gasteiger partial charge in [0, 0.05) is 0 Å². The van der Waals surface area contributed by atoms with E-state index in [1.54, 1.807) is 4.35 Å². The van der Waals surface area contributed by atoms with Gasteiger partial charge in [0.1, 0.15) is 0 Å². The number of benzene rings is 1. The number of anilines is 1. The van der Waals surface area contributed by atoms with Gasteiger partial charge in [-0.2, -0.15) is 0 Å². The van der Waals surface area contributed by atoms with Gasteiger partial charge in [0.25, 0.3) is 0 Å². The maximum atomic E-state index is 3.98. The molecule has 0 saturated heterocycles. The van der Waals surface area contributed by atoms with Gasteiger partial charge < -0.3 is 0 Å². The summed E-state index contributed by atoms with van der Waals surface area (Å²) in [6.45, 7) is 5.01. The third-order valence-electron chi connectivity index (χ3n) is 3.76. The molecule has 1 fully saturated rings. The molecule has 0 aromatic heterocycles. The van der Waals surface area contributed by atoms with Crippen LogP contribution < -0.4 is 15.4 Å². The molecule has 0 aliphatic heterocycles. The SMILES string of the molecule is [CH2+]CCS[As](SCC[NH3+])c1ccc(NC2CCCCC2)cc1. The molecular weight excluding hydrogens is 371 g/mol. The molecule has 0 amide bonds. The van der Waals surface area contributed by atoms with Crippen LogP contribution in [0.1, 0.15) is 38.5 Å². The first-order valence-electron chi connectivity index (χ1n) is 8.34. The fraction of sp³-hybridized carbons (Fsp3) is 0.588. The first-order valence-corrected chi connectivity index (χ1v) is 15.8. The summed E-state index contributed by atoms with van der Waals surface area (Å²) in [5.74, 6) is 2.37. The second-order valence-electron chi connectivity index (χ2n) is 5.66. The molecule has 0 heterocycles. The molecule has 1 aliphatic carbocycles. The topological polar surface area (TPSA) is 39.7 Å². The molecule has 0 radical (unpaired) electrons. The van der Waals surface area contributed by atoms with Crippen LogP contribution in [-0.2, 0) is 0 Å². The monoisotopic (exact) mass is 400 g/mol. The van der Waals surface area contributed by atoms with E-state index >= 15 is 0 Å². The molecule has 1 aromatic carbocycles. The summed E-state index contributed by atoms with van der Waals surface area (Å²) in [6.07, 6.45) is 7.87. The predicted molar refractivity (Wildman–Crippen MR) is 105 cm³/mol. The Hall–Kier alpha value is 0.108. The van der Waals surface area contributed by atoms with Crippen LogP contribution in [0.5, 0.6) is 0 Å². The summed E-state index contributed by atoms with van der Waals surface area (Å²) in [5, 5.41) is 3.72. The van der Waals surface area contributed by atoms with Crippen LogP contribution in [0.4, 0.5) is 5.69 Å². The van der Waals surface area contributed by atoms with E-state index in [0.29, 0.717) is 6.04 Å². The maximum absolute atomic E-state index is 3.98. The Labute approximate surface area is 147 Å². The van der Waals surface area contributed by atoms with Crippen molar-refractivity contribution in [3.63, 3.8) is 0 Å². The molecule has 1 aliphatic rings. The number of hydrogen-bond acceptors (Lipinski definition) is 3. The van der Waals surface area contributed by atoms with E-state index in [9.17, 15) is 0 Å². The molecule has 5 heteroatoms. The van der Waals surface area contributed by atoms with Crippen molar-refractivity contribution in [1.82, 2.24) is 0 Å². The van der Waals surface area contributed by atoms with Crippen molar-refractivity contribution in [1.29, 1.82) is 0 Å². The second kappa shape index (κ2) is 10.8. The van der Waals surface area contributed by atoms with E-state index in [4.69, 9.17) is 0 Å². The summed E-state index contributed by atoms with van der Waals surface area (Å²) < 4.78 is 1.57. The summed E-state index contributed by atoms with van der Waals surface area (Å²) in [5.41, 5.74) is 5.28. The van der Waals surface area contributed by atoms with Crippen molar-refractivity contribution in [3.05, 3.63) is 31.2 Å². The summed E-state index contributed by atoms with van der Waals surface area (Å²) in [4.78, 5) is 0. The normalized spacial score (nSPS) is 17.3. The molecule has 1 atom stereocenters. The number of quaternary nitrogens is 1. The minimum absolute atomic E-state index is 0.689. The molecule has 0 spiro atoms. The number of rotatable bonds is 9. The molecule has 4 N–H and O–H groups in total. The molecule has 1 saturated carbocycles. The van der Waals surface area contributed by atoms with E-state index in [2.05, 4.69) is 62.3 Å². The Morgan fingerprint density at radius 3 is 2.41 bits per heavy atom. The third-order valence-corrected chi connectivity index (χ3v) is 17.4. The molecule has 1 unspecified atom stereocenters. The van der Waals surface area contributed by atoms with Gasteiger partial charge in [0.05, 0.1) is 0 Å². The van der Waals surface area contributed by atoms with E-state index in [0.717, 1.165) is 13.0 Å². The van der Waals surface area contributed by atoms with Crippen molar-refractivity contribution in [2.45, 2.75) is 44.6 Å². The van der Waals surface area contributed by atoms with Gasteiger partial charge >= 0.3 is 147 Å². The van der Waals surface area contributed by atoms with Gasteiger partial charge in [-0.1, -0.05) is 0 Å². The fourth-order valence-electron chi connectivity index (χ4n) is 2.64. The van der Waals surface area contributed by atoms with Crippen molar-refractivity contribution in [3.8, 4) is 0 Å². The first-order chi connectivity index (χ1) is 10.8. The van der Waals surface area contributed by atoms with Gasteiger partial charge in [-0.3, -0.25) is 0 Å². The number of nitrogens with one attached hydrogen (secondary N) is 1. The molecule has 1 aromatic rings. The van der Waals surface area contributed by atoms with Gasteiger partial charge in [-0.25, -0.2) is 0 Å². The molecule has 2 nitrogen and oxygen atoms in total. The van der Waals surface area contributed by atoms with Crippen LogP contribution >= 0.6 is 20.0 Å². The Balaban J connectivity index is 1.92. The van der Waals surface area contributed by atoms with Crippen molar-refractivity contribution < 1.29 is 5.73 Å². The Bertz CT molecular complexity index is 400. The average Bonchev–Trinajstić information content (AvgIpc) is 2.57. The third kappa shape index (κ3) is 6.31. The van der Waals surface area contributed by atoms with E-state index < -0.39 is 12.3 Å². The Morgan fingerprint density at radius 2 is 1.77 bits per heavy atom. The second-order valence-corrected chi connectivity index (χ2v) is 17.4. The zero-order valence-electron chi connectivity index (χ0n) is 13.4. The van der Waals surface area contributed by atoms with Crippen LogP contribution in [0.2, 0.25) is 0 Å². The molecular formula is C17H29AsN2S2+2. The van der Waals surface area contributed by atoms with Crippen LogP contribution in [-0.4, -0.2) is 36.4 Å². The Kier molecular flexibility index (Phi) is 9.06. The van der Waals surface area contributed by atoms with Gasteiger partial charge in [0.2, 0.25) is 0 Å². The van der Waals surface area contributed by atoms with Gasteiger partial charge in [-0.15, -0.1) is 0 Å². The molecule has 0 bridgehead atoms. The van der Waals surface area contributed by atoms with Gasteiger partial charge in [0.15, 0.2) is 0 Å². The van der Waals surface area contributed by atoms with Gasteiger partial charge in [-0.05, 0) is 0 Å². The van der Waals surface area contributed by atoms with Crippen LogP contribution in [0, 0.1) is 6.92 Å². The van der Waals surface area contributed by atoms with Crippen molar-refractivity contribution in [2.24, 2.45) is 0 Å². The predicted octanol–water partition coefficient (Wildman–Crippen LogP) is 3.06. The molecule has 2 rings (SSSR count). The Morgan fingerprint density at radius 1 is 1.09 bits per heavy atom. The summed E-state index contributed by atoms with van der Waals surface area (Å²) in [7, 11) is 4.31. The molecule has 22 heavy (non-hydrogen) atoms. The van der Waals surface area contributed by atoms with Crippen LogP contribution in [0.15, 0.2) is 24.3 Å². The van der Waals surface area contributed by atoms with Crippen molar-refractivity contribution >= 4 is 42.4 Å². The molecule has 122 valence electrons. The average molecular weight is 400 g/mol. The van der Waals surface area contributed by atoms with Crippen LogP contribution in [0.3, 0.4) is 0 Å². The zero-order valence-corrected chi connectivity index (χ0v) is 16.9. The minimum atomic E-state index is -1.04. The summed E-state index contributed by atoms with van der Waals surface area (Å²) >= 11 is -1.04. The van der Waals surface area contributed by atoms with E-state index in [-0.39, 0.29) is 0 Å². The zero-order chi connectivity index (χ0) is 15.6. The van der Waals surface area contributed by atoms with Crippen molar-refractivity contribution in [2.75, 3.05) is 23.4 Å².